The summed E-state index contributed by atoms with van der Waals surface area (Å²) in [5.41, 5.74) is 3.41. The molecule has 6 heteroatoms. The van der Waals surface area contributed by atoms with Crippen LogP contribution in [0.5, 0.6) is 0 Å². The molecule has 26 heavy (non-hydrogen) atoms. The fraction of sp³-hybridized carbons (Fsp3) is 0.400. The predicted molar refractivity (Wildman–Crippen MR) is 104 cm³/mol. The van der Waals surface area contributed by atoms with E-state index in [1.54, 1.807) is 29.4 Å². The van der Waals surface area contributed by atoms with Crippen LogP contribution in [0.15, 0.2) is 47.4 Å². The molecule has 1 fully saturated rings. The van der Waals surface area contributed by atoms with Gasteiger partial charge >= 0.3 is 0 Å². The van der Waals surface area contributed by atoms with Crippen LogP contribution in [0.3, 0.4) is 0 Å². The summed E-state index contributed by atoms with van der Waals surface area (Å²) < 4.78 is 27.8. The van der Waals surface area contributed by atoms with Gasteiger partial charge in [0.2, 0.25) is 10.0 Å². The van der Waals surface area contributed by atoms with Gasteiger partial charge in [0.15, 0.2) is 0 Å². The summed E-state index contributed by atoms with van der Waals surface area (Å²) in [6.45, 7) is 4.79. The Morgan fingerprint density at radius 3 is 2.62 bits per heavy atom. The van der Waals surface area contributed by atoms with Gasteiger partial charge in [0, 0.05) is 37.2 Å². The van der Waals surface area contributed by atoms with Crippen molar-refractivity contribution in [2.75, 3.05) is 19.6 Å². The Labute approximate surface area is 160 Å². The quantitative estimate of drug-likeness (QED) is 0.805. The van der Waals surface area contributed by atoms with Crippen LogP contribution < -0.4 is 0 Å². The largest absolute Gasteiger partial charge is 0.294 e. The summed E-state index contributed by atoms with van der Waals surface area (Å²) in [5, 5.41) is 0.495. The highest BCUT2D eigenvalue weighted by molar-refractivity contribution is 7.89. The van der Waals surface area contributed by atoms with Gasteiger partial charge in [-0.25, -0.2) is 8.42 Å². The Morgan fingerprint density at radius 1 is 1.04 bits per heavy atom. The highest BCUT2D eigenvalue weighted by atomic mass is 35.5. The Hall–Kier alpha value is -1.40. The van der Waals surface area contributed by atoms with Crippen molar-refractivity contribution in [2.24, 2.45) is 0 Å². The van der Waals surface area contributed by atoms with Gasteiger partial charge in [-0.05, 0) is 48.6 Å². The fourth-order valence-electron chi connectivity index (χ4n) is 4.06. The summed E-state index contributed by atoms with van der Waals surface area (Å²) >= 11 is 6.13. The standard InChI is InChI=1S/C20H23ClN2O2S/c1-15-19(21)7-4-8-20(15)26(24,25)23-12-10-18(14-23)22-11-9-16-5-2-3-6-17(16)13-22/h2-8,18H,9-14H2,1H3/t18-/m0/s1. The molecule has 1 saturated heterocycles. The molecule has 2 heterocycles. The Morgan fingerprint density at radius 2 is 1.81 bits per heavy atom. The van der Waals surface area contributed by atoms with E-state index in [1.165, 1.54) is 11.1 Å². The lowest BCUT2D eigenvalue weighted by Crippen LogP contribution is -2.41. The van der Waals surface area contributed by atoms with Crippen LogP contribution in [0.4, 0.5) is 0 Å². The third-order valence-electron chi connectivity index (χ3n) is 5.64. The summed E-state index contributed by atoms with van der Waals surface area (Å²) in [7, 11) is -3.50. The van der Waals surface area contributed by atoms with Crippen LogP contribution in [0.25, 0.3) is 0 Å². The molecular weight excluding hydrogens is 368 g/mol. The number of hydrogen-bond donors (Lipinski definition) is 0. The van der Waals surface area contributed by atoms with Gasteiger partial charge in [-0.15, -0.1) is 0 Å². The van der Waals surface area contributed by atoms with Crippen LogP contribution in [0, 0.1) is 6.92 Å². The fourth-order valence-corrected chi connectivity index (χ4v) is 6.03. The lowest BCUT2D eigenvalue weighted by Gasteiger charge is -2.33. The van der Waals surface area contributed by atoms with E-state index >= 15 is 0 Å². The second-order valence-corrected chi connectivity index (χ2v) is 9.47. The highest BCUT2D eigenvalue weighted by Gasteiger charge is 2.36. The molecule has 2 aliphatic heterocycles. The van der Waals surface area contributed by atoms with E-state index in [4.69, 9.17) is 11.6 Å². The van der Waals surface area contributed by atoms with Crippen LogP contribution in [0.2, 0.25) is 5.02 Å². The first-order valence-electron chi connectivity index (χ1n) is 9.03. The molecule has 0 saturated carbocycles. The van der Waals surface area contributed by atoms with Crippen molar-refractivity contribution in [3.8, 4) is 0 Å². The molecule has 0 spiro atoms. The van der Waals surface area contributed by atoms with Crippen molar-refractivity contribution in [3.05, 3.63) is 64.2 Å². The zero-order valence-electron chi connectivity index (χ0n) is 14.9. The maximum absolute atomic E-state index is 13.1. The number of nitrogens with zero attached hydrogens (tertiary/aromatic N) is 2. The summed E-state index contributed by atoms with van der Waals surface area (Å²) in [6.07, 6.45) is 1.91. The minimum Gasteiger partial charge on any atom is -0.294 e. The first kappa shape index (κ1) is 18.0. The van der Waals surface area contributed by atoms with E-state index in [0.29, 0.717) is 28.6 Å². The van der Waals surface area contributed by atoms with Crippen LogP contribution in [0.1, 0.15) is 23.1 Å². The van der Waals surface area contributed by atoms with Gasteiger partial charge < -0.3 is 0 Å². The molecule has 2 aromatic carbocycles. The van der Waals surface area contributed by atoms with E-state index in [1.807, 2.05) is 0 Å². The normalized spacial score (nSPS) is 21.7. The molecule has 4 nitrogen and oxygen atoms in total. The number of hydrogen-bond acceptors (Lipinski definition) is 3. The Balaban J connectivity index is 1.51. The van der Waals surface area contributed by atoms with Gasteiger partial charge in [-0.3, -0.25) is 4.90 Å². The zero-order valence-corrected chi connectivity index (χ0v) is 16.4. The zero-order chi connectivity index (χ0) is 18.3. The summed E-state index contributed by atoms with van der Waals surface area (Å²) in [6, 6.07) is 13.9. The Bertz CT molecular complexity index is 929. The minimum atomic E-state index is -3.50. The van der Waals surface area contributed by atoms with E-state index in [9.17, 15) is 8.42 Å². The van der Waals surface area contributed by atoms with Crippen LogP contribution in [-0.2, 0) is 23.0 Å². The highest BCUT2D eigenvalue weighted by Crippen LogP contribution is 2.30. The number of rotatable bonds is 3. The van der Waals surface area contributed by atoms with Crippen LogP contribution in [-0.4, -0.2) is 43.3 Å². The molecule has 0 N–H and O–H groups in total. The van der Waals surface area contributed by atoms with E-state index < -0.39 is 10.0 Å². The van der Waals surface area contributed by atoms with Gasteiger partial charge in [-0.2, -0.15) is 4.31 Å². The summed E-state index contributed by atoms with van der Waals surface area (Å²) in [4.78, 5) is 2.76. The predicted octanol–water partition coefficient (Wildman–Crippen LogP) is 3.47. The van der Waals surface area contributed by atoms with E-state index in [0.717, 1.165) is 25.9 Å². The maximum Gasteiger partial charge on any atom is 0.243 e. The van der Waals surface area contributed by atoms with E-state index in [-0.39, 0.29) is 6.04 Å². The van der Waals surface area contributed by atoms with Crippen molar-refractivity contribution in [1.29, 1.82) is 0 Å². The van der Waals surface area contributed by atoms with E-state index in [2.05, 4.69) is 29.2 Å². The molecule has 0 amide bonds. The van der Waals surface area contributed by atoms with Crippen molar-refractivity contribution in [2.45, 2.75) is 37.2 Å². The minimum absolute atomic E-state index is 0.276. The third kappa shape index (κ3) is 3.18. The SMILES string of the molecule is Cc1c(Cl)cccc1S(=O)(=O)N1CC[C@H](N2CCc3ccccc3C2)C1. The van der Waals surface area contributed by atoms with Gasteiger partial charge in [0.1, 0.15) is 0 Å². The first-order chi connectivity index (χ1) is 12.5. The molecule has 0 unspecified atom stereocenters. The molecule has 0 radical (unpaired) electrons. The molecule has 0 aromatic heterocycles. The molecular formula is C20H23ClN2O2S. The topological polar surface area (TPSA) is 40.6 Å². The number of fused-ring (bicyclic) bond motifs is 1. The van der Waals surface area contributed by atoms with Gasteiger partial charge in [-0.1, -0.05) is 41.9 Å². The second kappa shape index (κ2) is 6.97. The molecule has 2 aliphatic rings. The van der Waals surface area contributed by atoms with Crippen molar-refractivity contribution < 1.29 is 8.42 Å². The van der Waals surface area contributed by atoms with Crippen LogP contribution >= 0.6 is 11.6 Å². The lowest BCUT2D eigenvalue weighted by atomic mass is 9.98. The second-order valence-electron chi connectivity index (χ2n) is 7.16. The monoisotopic (exact) mass is 390 g/mol. The molecule has 0 bridgehead atoms. The third-order valence-corrected chi connectivity index (χ3v) is 8.06. The average Bonchev–Trinajstić information content (AvgIpc) is 3.14. The molecule has 0 aliphatic carbocycles. The molecule has 138 valence electrons. The number of halogens is 1. The van der Waals surface area contributed by atoms with Gasteiger partial charge in [0.05, 0.1) is 4.90 Å². The Kier molecular flexibility index (Phi) is 4.82. The van der Waals surface area contributed by atoms with Crippen molar-refractivity contribution >= 4 is 21.6 Å². The molecule has 2 aromatic rings. The maximum atomic E-state index is 13.1. The number of sulfonamides is 1. The molecule has 1 atom stereocenters. The smallest absolute Gasteiger partial charge is 0.243 e. The average molecular weight is 391 g/mol. The first-order valence-corrected chi connectivity index (χ1v) is 10.8. The lowest BCUT2D eigenvalue weighted by molar-refractivity contribution is 0.185. The number of benzene rings is 2. The van der Waals surface area contributed by atoms with Crippen molar-refractivity contribution in [1.82, 2.24) is 9.21 Å². The van der Waals surface area contributed by atoms with Gasteiger partial charge in [0.25, 0.3) is 0 Å². The van der Waals surface area contributed by atoms with Crippen molar-refractivity contribution in [3.63, 3.8) is 0 Å². The molecule has 4 rings (SSSR count). The summed E-state index contributed by atoms with van der Waals surface area (Å²) in [5.74, 6) is 0.